The summed E-state index contributed by atoms with van der Waals surface area (Å²) in [6, 6.07) is 32.7. The lowest BCUT2D eigenvalue weighted by atomic mass is 9.95. The molecule has 4 aliphatic heterocycles. The molecule has 2 fully saturated rings. The maximum atomic E-state index is 14.4. The molecule has 2 saturated heterocycles. The predicted molar refractivity (Wildman–Crippen MR) is 292 cm³/mol. The Bertz CT molecular complexity index is 3880. The number of carbonyl (C=O) groups is 6. The van der Waals surface area contributed by atoms with Crippen LogP contribution in [0, 0.1) is 0 Å². The minimum Gasteiger partial charge on any atom is -0.497 e. The van der Waals surface area contributed by atoms with Gasteiger partial charge in [0, 0.05) is 59.8 Å². The predicted octanol–water partition coefficient (Wildman–Crippen LogP) is 7.06. The van der Waals surface area contributed by atoms with Gasteiger partial charge in [0.1, 0.15) is 47.6 Å². The Morgan fingerprint density at radius 2 is 0.988 bits per heavy atom. The molecule has 0 spiro atoms. The molecule has 4 aliphatic rings. The van der Waals surface area contributed by atoms with Crippen molar-refractivity contribution < 1.29 is 84.1 Å². The SMILES string of the molecule is COc1ccc2c(c1)C(=O)N(C[C@@]1(c3cc4cnccc4o3)NC(=O)N(COP(=O)(O)O)C1=O)C2.COc1ccc2c(c1)C(=O)N(C[C@@]1(c3cc4cnccc4o3)NC(=O)N(COP(=O)(OCc3ccccc3)OCc3ccccc3)C1=O)C2. The Hall–Kier alpha value is -9.10. The number of benzene rings is 4. The van der Waals surface area contributed by atoms with Crippen LogP contribution in [0.1, 0.15) is 54.5 Å². The number of carbonyl (C=O) groups excluding carboxylic acids is 6. The van der Waals surface area contributed by atoms with E-state index in [2.05, 4.69) is 25.1 Å². The zero-order chi connectivity index (χ0) is 59.0. The summed E-state index contributed by atoms with van der Waals surface area (Å²) >= 11 is 0. The molecule has 8 amide bonds. The van der Waals surface area contributed by atoms with Gasteiger partial charge in [-0.25, -0.2) is 28.5 Å². The second-order valence-electron chi connectivity index (χ2n) is 19.5. The van der Waals surface area contributed by atoms with Crippen LogP contribution in [0.5, 0.6) is 11.5 Å². The maximum Gasteiger partial charge on any atom is 0.477 e. The fourth-order valence-electron chi connectivity index (χ4n) is 9.97. The van der Waals surface area contributed by atoms with Crippen molar-refractivity contribution in [2.24, 2.45) is 0 Å². The topological polar surface area (TPSA) is 321 Å². The van der Waals surface area contributed by atoms with Gasteiger partial charge in [-0.05, 0) is 70.8 Å². The average molecular weight is 1190 g/mol. The number of methoxy groups -OCH3 is 2. The number of hydrogen-bond acceptors (Lipinski definition) is 18. The van der Waals surface area contributed by atoms with Gasteiger partial charge >= 0.3 is 27.7 Å². The Balaban J connectivity index is 0.000000185. The molecule has 8 heterocycles. The summed E-state index contributed by atoms with van der Waals surface area (Å²) in [7, 11) is -6.35. The zero-order valence-electron chi connectivity index (χ0n) is 44.5. The summed E-state index contributed by atoms with van der Waals surface area (Å²) in [6.45, 7) is -2.26. The highest BCUT2D eigenvalue weighted by Crippen LogP contribution is 2.52. The van der Waals surface area contributed by atoms with Crippen LogP contribution in [0.15, 0.2) is 155 Å². The van der Waals surface area contributed by atoms with E-state index in [4.69, 9.17) is 41.7 Å². The molecule has 0 saturated carbocycles. The number of amides is 8. The fourth-order valence-corrected chi connectivity index (χ4v) is 11.3. The number of aromatic nitrogens is 2. The normalized spacial score (nSPS) is 18.6. The van der Waals surface area contributed by atoms with Gasteiger partial charge in [-0.1, -0.05) is 72.8 Å². The van der Waals surface area contributed by atoms with E-state index in [1.807, 2.05) is 12.1 Å². The summed E-state index contributed by atoms with van der Waals surface area (Å²) in [5.74, 6) is -1.31. The van der Waals surface area contributed by atoms with E-state index in [-0.39, 0.29) is 62.7 Å². The van der Waals surface area contributed by atoms with Gasteiger partial charge in [0.15, 0.2) is 11.1 Å². The number of pyridine rings is 2. The van der Waals surface area contributed by atoms with Crippen molar-refractivity contribution in [2.75, 3.05) is 40.8 Å². The van der Waals surface area contributed by atoms with Crippen molar-refractivity contribution >= 4 is 73.3 Å². The van der Waals surface area contributed by atoms with Crippen LogP contribution in [0.2, 0.25) is 0 Å². The number of rotatable bonds is 20. The summed E-state index contributed by atoms with van der Waals surface area (Å²) in [4.78, 5) is 111. The number of phosphoric ester groups is 2. The molecule has 4 aromatic heterocycles. The highest BCUT2D eigenvalue weighted by molar-refractivity contribution is 7.48. The minimum atomic E-state index is -4.98. The van der Waals surface area contributed by atoms with E-state index in [1.54, 1.807) is 109 Å². The molecule has 4 N–H and O–H groups in total. The van der Waals surface area contributed by atoms with Gasteiger partial charge in [0.2, 0.25) is 0 Å². The van der Waals surface area contributed by atoms with Crippen molar-refractivity contribution in [1.29, 1.82) is 0 Å². The quantitative estimate of drug-likeness (QED) is 0.0438. The highest BCUT2D eigenvalue weighted by atomic mass is 31.2. The number of phosphoric acid groups is 2. The molecular weight excluding hydrogens is 1130 g/mol. The average Bonchev–Trinajstić information content (AvgIpc) is 4.52. The number of ether oxygens (including phenoxy) is 2. The third-order valence-electron chi connectivity index (χ3n) is 14.2. The van der Waals surface area contributed by atoms with Crippen LogP contribution in [0.4, 0.5) is 9.59 Å². The lowest BCUT2D eigenvalue weighted by Gasteiger charge is -2.29. The monoisotopic (exact) mass is 1180 g/mol. The van der Waals surface area contributed by atoms with E-state index in [0.717, 1.165) is 10.5 Å². The second kappa shape index (κ2) is 22.9. The van der Waals surface area contributed by atoms with Crippen molar-refractivity contribution in [2.45, 2.75) is 37.4 Å². The molecule has 4 aromatic carbocycles. The number of fused-ring (bicyclic) bond motifs is 4. The van der Waals surface area contributed by atoms with Gasteiger partial charge in [-0.3, -0.25) is 47.2 Å². The first-order chi connectivity index (χ1) is 40.4. The molecule has 84 heavy (non-hydrogen) atoms. The third-order valence-corrected chi connectivity index (χ3v) is 16.0. The first-order valence-corrected chi connectivity index (χ1v) is 28.6. The standard InChI is InChI=1S/C35H31N4O9P.C21H19N4O9P/c1-44-28-13-12-26-19-38(32(40)29(26)17-28)22-35(31-16-27-18-36-15-14-30(27)48-31)33(41)39(34(42)37-35)23-47-49(43,45-20-24-8-4-2-5-9-24)46-21-25-10-6-3-7-11-25;1-32-14-3-2-12-9-24(18(26)15(12)7-14)10-21(17-6-13-8-22-5-4-16(13)34-17)19(27)25(20(28)23-21)11-33-35(29,30)31/h2-18H,19-23H2,1H3,(H,37,42);2-8H,9-11H2,1H3,(H,23,28)(H2,29,30,31)/t35-;21-/m00/s1. The Labute approximate surface area is 476 Å². The van der Waals surface area contributed by atoms with Gasteiger partial charge in [-0.15, -0.1) is 0 Å². The van der Waals surface area contributed by atoms with Crippen LogP contribution < -0.4 is 20.1 Å². The third kappa shape index (κ3) is 11.3. The molecule has 0 unspecified atom stereocenters. The van der Waals surface area contributed by atoms with Crippen molar-refractivity contribution in [3.05, 3.63) is 191 Å². The fraction of sp³-hybridized carbons (Fsp3) is 0.214. The zero-order valence-corrected chi connectivity index (χ0v) is 46.3. The second-order valence-corrected chi connectivity index (χ2v) is 22.4. The van der Waals surface area contributed by atoms with Crippen molar-refractivity contribution in [3.63, 3.8) is 0 Å². The Kier molecular flexibility index (Phi) is 15.5. The number of imide groups is 2. The number of hydrogen-bond donors (Lipinski definition) is 4. The number of urea groups is 2. The van der Waals surface area contributed by atoms with Gasteiger partial charge < -0.3 is 48.5 Å². The number of nitrogens with zero attached hydrogens (tertiary/aromatic N) is 6. The molecule has 28 heteroatoms. The van der Waals surface area contributed by atoms with Gasteiger partial charge in [-0.2, -0.15) is 0 Å². The lowest BCUT2D eigenvalue weighted by Crippen LogP contribution is -2.52. The summed E-state index contributed by atoms with van der Waals surface area (Å²) in [5.41, 5.74) is 0.749. The van der Waals surface area contributed by atoms with E-state index < -0.39 is 64.1 Å². The van der Waals surface area contributed by atoms with Crippen molar-refractivity contribution in [1.82, 2.24) is 40.2 Å². The molecule has 2 atom stereocenters. The van der Waals surface area contributed by atoms with E-state index in [0.29, 0.717) is 66.2 Å². The van der Waals surface area contributed by atoms with Crippen LogP contribution in [-0.4, -0.2) is 116 Å². The van der Waals surface area contributed by atoms with E-state index >= 15 is 0 Å². The van der Waals surface area contributed by atoms with Gasteiger partial charge in [0.25, 0.3) is 23.6 Å². The number of nitrogens with one attached hydrogen (secondary N) is 2. The molecule has 8 aromatic rings. The van der Waals surface area contributed by atoms with E-state index in [9.17, 15) is 37.9 Å². The first kappa shape index (κ1) is 56.7. The molecule has 0 bridgehead atoms. The van der Waals surface area contributed by atoms with Crippen LogP contribution in [-0.2, 0) is 74.2 Å². The van der Waals surface area contributed by atoms with Crippen molar-refractivity contribution in [3.8, 4) is 11.5 Å². The molecule has 0 radical (unpaired) electrons. The largest absolute Gasteiger partial charge is 0.497 e. The smallest absolute Gasteiger partial charge is 0.477 e. The van der Waals surface area contributed by atoms with Crippen LogP contribution >= 0.6 is 15.6 Å². The molecule has 432 valence electrons. The summed E-state index contributed by atoms with van der Waals surface area (Å²) in [6.07, 6.45) is 6.10. The summed E-state index contributed by atoms with van der Waals surface area (Å²) in [5, 5.41) is 6.43. The Morgan fingerprint density at radius 1 is 0.560 bits per heavy atom. The lowest BCUT2D eigenvalue weighted by molar-refractivity contribution is -0.136. The first-order valence-electron chi connectivity index (χ1n) is 25.6. The van der Waals surface area contributed by atoms with Crippen LogP contribution in [0.3, 0.4) is 0 Å². The Morgan fingerprint density at radius 3 is 1.39 bits per heavy atom. The molecular formula is C56H50N8O18P2. The summed E-state index contributed by atoms with van der Waals surface area (Å²) < 4.78 is 69.0. The molecule has 26 nitrogen and oxygen atoms in total. The maximum absolute atomic E-state index is 14.4. The van der Waals surface area contributed by atoms with Crippen LogP contribution in [0.25, 0.3) is 21.9 Å². The van der Waals surface area contributed by atoms with E-state index in [1.165, 1.54) is 48.7 Å². The minimum absolute atomic E-state index is 0.0267. The highest BCUT2D eigenvalue weighted by Gasteiger charge is 2.59. The molecule has 12 rings (SSSR count). The number of furan rings is 2. The van der Waals surface area contributed by atoms with Gasteiger partial charge in [0.05, 0.1) is 40.5 Å². The molecule has 0 aliphatic carbocycles.